The van der Waals surface area contributed by atoms with E-state index in [1.165, 1.54) is 15.6 Å². The van der Waals surface area contributed by atoms with Crippen LogP contribution in [0.1, 0.15) is 0 Å². The van der Waals surface area contributed by atoms with E-state index < -0.39 is 0 Å². The Morgan fingerprint density at radius 2 is 1.68 bits per heavy atom. The Balaban J connectivity index is 2.16. The average Bonchev–Trinajstić information content (AvgIpc) is 2.90. The van der Waals surface area contributed by atoms with Gasteiger partial charge in [-0.25, -0.2) is 0 Å². The molecule has 2 nitrogen and oxygen atoms in total. The SMILES string of the molecule is COc1ccc(-c2csc3ccccc23)cc1OC. The zero-order chi connectivity index (χ0) is 13.2. The summed E-state index contributed by atoms with van der Waals surface area (Å²) in [6.45, 7) is 0. The summed E-state index contributed by atoms with van der Waals surface area (Å²) in [6, 6.07) is 14.5. The summed E-state index contributed by atoms with van der Waals surface area (Å²) in [5, 5.41) is 3.46. The van der Waals surface area contributed by atoms with Gasteiger partial charge in [0.2, 0.25) is 0 Å². The van der Waals surface area contributed by atoms with Crippen molar-refractivity contribution >= 4 is 21.4 Å². The highest BCUT2D eigenvalue weighted by molar-refractivity contribution is 7.17. The van der Waals surface area contributed by atoms with Crippen LogP contribution in [0.4, 0.5) is 0 Å². The first-order chi connectivity index (χ1) is 9.33. The second kappa shape index (κ2) is 4.94. The van der Waals surface area contributed by atoms with Crippen molar-refractivity contribution < 1.29 is 9.47 Å². The lowest BCUT2D eigenvalue weighted by atomic mass is 10.0. The molecular weight excluding hydrogens is 256 g/mol. The largest absolute Gasteiger partial charge is 0.493 e. The van der Waals surface area contributed by atoms with Gasteiger partial charge in [0, 0.05) is 15.6 Å². The summed E-state index contributed by atoms with van der Waals surface area (Å²) in [7, 11) is 3.31. The van der Waals surface area contributed by atoms with Gasteiger partial charge in [-0.05, 0) is 29.1 Å². The number of fused-ring (bicyclic) bond motifs is 1. The van der Waals surface area contributed by atoms with Crippen LogP contribution < -0.4 is 9.47 Å². The number of benzene rings is 2. The van der Waals surface area contributed by atoms with Gasteiger partial charge in [0.05, 0.1) is 14.2 Å². The Morgan fingerprint density at radius 1 is 0.895 bits per heavy atom. The lowest BCUT2D eigenvalue weighted by molar-refractivity contribution is 0.355. The van der Waals surface area contributed by atoms with Crippen molar-refractivity contribution in [2.24, 2.45) is 0 Å². The van der Waals surface area contributed by atoms with Gasteiger partial charge in [-0.15, -0.1) is 11.3 Å². The summed E-state index contributed by atoms with van der Waals surface area (Å²) in [6.07, 6.45) is 0. The molecule has 0 fully saturated rings. The van der Waals surface area contributed by atoms with Crippen LogP contribution in [0.3, 0.4) is 0 Å². The summed E-state index contributed by atoms with van der Waals surface area (Å²) < 4.78 is 11.9. The molecule has 0 aliphatic carbocycles. The minimum Gasteiger partial charge on any atom is -0.493 e. The van der Waals surface area contributed by atoms with Crippen molar-refractivity contribution in [3.05, 3.63) is 47.8 Å². The zero-order valence-electron chi connectivity index (χ0n) is 10.8. The number of thiophene rings is 1. The smallest absolute Gasteiger partial charge is 0.161 e. The molecule has 0 aliphatic rings. The van der Waals surface area contributed by atoms with E-state index >= 15 is 0 Å². The molecule has 0 aliphatic heterocycles. The first-order valence-electron chi connectivity index (χ1n) is 6.02. The molecule has 19 heavy (non-hydrogen) atoms. The normalized spacial score (nSPS) is 10.6. The van der Waals surface area contributed by atoms with Crippen molar-refractivity contribution in [2.45, 2.75) is 0 Å². The maximum Gasteiger partial charge on any atom is 0.161 e. The minimum absolute atomic E-state index is 0.755. The van der Waals surface area contributed by atoms with Gasteiger partial charge in [-0.2, -0.15) is 0 Å². The van der Waals surface area contributed by atoms with Gasteiger partial charge in [-0.3, -0.25) is 0 Å². The molecule has 2 aromatic carbocycles. The molecule has 0 unspecified atom stereocenters. The van der Waals surface area contributed by atoms with Crippen molar-refractivity contribution in [3.63, 3.8) is 0 Å². The molecule has 0 saturated heterocycles. The molecule has 3 rings (SSSR count). The van der Waals surface area contributed by atoms with E-state index in [1.54, 1.807) is 25.6 Å². The van der Waals surface area contributed by atoms with Crippen molar-refractivity contribution in [3.8, 4) is 22.6 Å². The molecule has 0 bridgehead atoms. The standard InChI is InChI=1S/C16H14O2S/c1-17-14-8-7-11(9-15(14)18-2)13-10-19-16-6-4-3-5-12(13)16/h3-10H,1-2H3. The number of methoxy groups -OCH3 is 2. The average molecular weight is 270 g/mol. The monoisotopic (exact) mass is 270 g/mol. The molecule has 0 N–H and O–H groups in total. The van der Waals surface area contributed by atoms with Crippen LogP contribution >= 0.6 is 11.3 Å². The second-order valence-electron chi connectivity index (χ2n) is 4.22. The van der Waals surface area contributed by atoms with Crippen LogP contribution in [0.2, 0.25) is 0 Å². The maximum atomic E-state index is 5.37. The van der Waals surface area contributed by atoms with Gasteiger partial charge in [-0.1, -0.05) is 24.3 Å². The van der Waals surface area contributed by atoms with E-state index in [1.807, 2.05) is 12.1 Å². The van der Waals surface area contributed by atoms with Crippen LogP contribution in [0.15, 0.2) is 47.8 Å². The summed E-state index contributed by atoms with van der Waals surface area (Å²) in [5.74, 6) is 1.51. The lowest BCUT2D eigenvalue weighted by Crippen LogP contribution is -1.90. The minimum atomic E-state index is 0.755. The summed E-state index contributed by atoms with van der Waals surface area (Å²) in [4.78, 5) is 0. The highest BCUT2D eigenvalue weighted by atomic mass is 32.1. The van der Waals surface area contributed by atoms with Gasteiger partial charge >= 0.3 is 0 Å². The van der Waals surface area contributed by atoms with Crippen LogP contribution in [0.5, 0.6) is 11.5 Å². The molecule has 0 amide bonds. The Morgan fingerprint density at radius 3 is 2.47 bits per heavy atom. The van der Waals surface area contributed by atoms with E-state index in [0.29, 0.717) is 0 Å². The Bertz CT molecular complexity index is 716. The molecule has 1 heterocycles. The van der Waals surface area contributed by atoms with E-state index in [9.17, 15) is 0 Å². The van der Waals surface area contributed by atoms with Gasteiger partial charge in [0.15, 0.2) is 11.5 Å². The van der Waals surface area contributed by atoms with E-state index in [2.05, 4.69) is 35.7 Å². The Kier molecular flexibility index (Phi) is 3.13. The fraction of sp³-hybridized carbons (Fsp3) is 0.125. The molecular formula is C16H14O2S. The fourth-order valence-electron chi connectivity index (χ4n) is 2.21. The van der Waals surface area contributed by atoms with Crippen LogP contribution in [-0.4, -0.2) is 14.2 Å². The zero-order valence-corrected chi connectivity index (χ0v) is 11.7. The van der Waals surface area contributed by atoms with Crippen LogP contribution in [0.25, 0.3) is 21.2 Å². The van der Waals surface area contributed by atoms with Crippen molar-refractivity contribution in [1.82, 2.24) is 0 Å². The Hall–Kier alpha value is -2.00. The highest BCUT2D eigenvalue weighted by Gasteiger charge is 2.09. The fourth-order valence-corrected chi connectivity index (χ4v) is 3.18. The quantitative estimate of drug-likeness (QED) is 0.693. The topological polar surface area (TPSA) is 18.5 Å². The molecule has 0 radical (unpaired) electrons. The predicted molar refractivity (Wildman–Crippen MR) is 80.4 cm³/mol. The van der Waals surface area contributed by atoms with Gasteiger partial charge in [0.1, 0.15) is 0 Å². The van der Waals surface area contributed by atoms with Gasteiger partial charge in [0.25, 0.3) is 0 Å². The van der Waals surface area contributed by atoms with Crippen molar-refractivity contribution in [1.29, 1.82) is 0 Å². The third kappa shape index (κ3) is 2.06. The third-order valence-electron chi connectivity index (χ3n) is 3.18. The molecule has 0 spiro atoms. The predicted octanol–water partition coefficient (Wildman–Crippen LogP) is 4.59. The first kappa shape index (κ1) is 12.1. The van der Waals surface area contributed by atoms with E-state index in [0.717, 1.165) is 17.1 Å². The highest BCUT2D eigenvalue weighted by Crippen LogP contribution is 2.37. The van der Waals surface area contributed by atoms with Crippen LogP contribution in [0, 0.1) is 0 Å². The van der Waals surface area contributed by atoms with Crippen molar-refractivity contribution in [2.75, 3.05) is 14.2 Å². The molecule has 1 aromatic heterocycles. The number of rotatable bonds is 3. The summed E-state index contributed by atoms with van der Waals surface area (Å²) in [5.41, 5.74) is 2.39. The molecule has 96 valence electrons. The molecule has 0 saturated carbocycles. The van der Waals surface area contributed by atoms with Crippen LogP contribution in [-0.2, 0) is 0 Å². The third-order valence-corrected chi connectivity index (χ3v) is 4.14. The lowest BCUT2D eigenvalue weighted by Gasteiger charge is -2.09. The first-order valence-corrected chi connectivity index (χ1v) is 6.90. The summed E-state index contributed by atoms with van der Waals surface area (Å²) >= 11 is 1.76. The van der Waals surface area contributed by atoms with Gasteiger partial charge < -0.3 is 9.47 Å². The molecule has 3 heteroatoms. The number of hydrogen-bond donors (Lipinski definition) is 0. The van der Waals surface area contributed by atoms with E-state index in [4.69, 9.17) is 9.47 Å². The number of hydrogen-bond acceptors (Lipinski definition) is 3. The van der Waals surface area contributed by atoms with E-state index in [-0.39, 0.29) is 0 Å². The molecule has 0 atom stereocenters. The Labute approximate surface area is 116 Å². The maximum absolute atomic E-state index is 5.37. The molecule has 3 aromatic rings. The number of ether oxygens (including phenoxy) is 2. The second-order valence-corrected chi connectivity index (χ2v) is 5.13.